The van der Waals surface area contributed by atoms with Gasteiger partial charge in [0.1, 0.15) is 0 Å². The third-order valence-electron chi connectivity index (χ3n) is 4.70. The Morgan fingerprint density at radius 1 is 1.04 bits per heavy atom. The van der Waals surface area contributed by atoms with Crippen molar-refractivity contribution >= 4 is 23.2 Å². The van der Waals surface area contributed by atoms with Crippen LogP contribution in [0, 0.1) is 10.2 Å². The van der Waals surface area contributed by atoms with Crippen molar-refractivity contribution in [1.29, 1.82) is 0 Å². The quantitative estimate of drug-likeness (QED) is 0.778. The minimum Gasteiger partial charge on any atom is -0.290 e. The molecular formula is C15H18Cl3NO4. The Kier molecular flexibility index (Phi) is 5.40. The van der Waals surface area contributed by atoms with Gasteiger partial charge in [-0.2, -0.15) is 14.0 Å². The van der Waals surface area contributed by atoms with Crippen LogP contribution in [0.1, 0.15) is 43.7 Å². The van der Waals surface area contributed by atoms with Crippen LogP contribution in [0.15, 0.2) is 18.2 Å². The molecule has 128 valence electrons. The first-order chi connectivity index (χ1) is 10.9. The van der Waals surface area contributed by atoms with Crippen molar-refractivity contribution in [3.63, 3.8) is 0 Å². The lowest BCUT2D eigenvalue weighted by Gasteiger charge is -2.47. The molecule has 0 aromatic heterocycles. The fourth-order valence-corrected chi connectivity index (χ4v) is 4.97. The van der Waals surface area contributed by atoms with Gasteiger partial charge >= 0.3 is 0 Å². The predicted octanol–water partition coefficient (Wildman–Crippen LogP) is 0.965. The number of halogens is 3. The molecule has 5 nitrogen and oxygen atoms in total. The van der Waals surface area contributed by atoms with Gasteiger partial charge in [0.15, 0.2) is 0 Å². The highest BCUT2D eigenvalue weighted by atomic mass is 35.7. The summed E-state index contributed by atoms with van der Waals surface area (Å²) in [5.41, 5.74) is 0.878. The lowest BCUT2D eigenvalue weighted by Crippen LogP contribution is -2.65. The van der Waals surface area contributed by atoms with E-state index in [9.17, 15) is 14.0 Å². The van der Waals surface area contributed by atoms with Gasteiger partial charge in [-0.05, 0) is 44.4 Å². The van der Waals surface area contributed by atoms with Gasteiger partial charge in [-0.1, -0.05) is 35.7 Å². The van der Waals surface area contributed by atoms with Crippen LogP contribution in [0.3, 0.4) is 0 Å². The summed E-state index contributed by atoms with van der Waals surface area (Å²) >= 11 is 12.7. The summed E-state index contributed by atoms with van der Waals surface area (Å²) in [5, 5.41) is 1.22. The van der Waals surface area contributed by atoms with Gasteiger partial charge in [0, 0.05) is 21.7 Å². The van der Waals surface area contributed by atoms with Crippen LogP contribution in [-0.4, -0.2) is 23.6 Å². The molecule has 0 saturated carbocycles. The second kappa shape index (κ2) is 7.02. The number of piperidine rings is 2. The lowest BCUT2D eigenvalue weighted by molar-refractivity contribution is -1.92. The maximum atomic E-state index is 11.0. The Morgan fingerprint density at radius 3 is 2.39 bits per heavy atom. The molecule has 3 unspecified atom stereocenters. The van der Waals surface area contributed by atoms with Crippen molar-refractivity contribution in [3.8, 4) is 0 Å². The van der Waals surface area contributed by atoms with E-state index in [1.54, 1.807) is 6.07 Å². The molecule has 8 heteroatoms. The van der Waals surface area contributed by atoms with E-state index in [1.807, 2.05) is 12.1 Å². The van der Waals surface area contributed by atoms with Gasteiger partial charge in [-0.25, -0.2) is 0 Å². The summed E-state index contributed by atoms with van der Waals surface area (Å²) in [6.45, 7) is 0.812. The zero-order valence-electron chi connectivity index (χ0n) is 12.4. The van der Waals surface area contributed by atoms with E-state index in [1.165, 1.54) is 0 Å². The number of hydrogen-bond acceptors (Lipinski definition) is 5. The molecule has 1 aromatic carbocycles. The van der Waals surface area contributed by atoms with E-state index < -0.39 is 16.3 Å². The molecule has 3 atom stereocenters. The van der Waals surface area contributed by atoms with Crippen LogP contribution in [-0.2, 0) is 4.29 Å². The Morgan fingerprint density at radius 2 is 1.74 bits per heavy atom. The van der Waals surface area contributed by atoms with Crippen LogP contribution in [0.25, 0.3) is 0 Å². The molecule has 1 aromatic rings. The Bertz CT molecular complexity index is 546. The van der Waals surface area contributed by atoms with Crippen molar-refractivity contribution in [2.75, 3.05) is 6.54 Å². The van der Waals surface area contributed by atoms with Crippen molar-refractivity contribution < 1.29 is 28.5 Å². The van der Waals surface area contributed by atoms with E-state index in [0.717, 1.165) is 31.4 Å². The van der Waals surface area contributed by atoms with Crippen molar-refractivity contribution in [3.05, 3.63) is 33.8 Å². The van der Waals surface area contributed by atoms with Crippen LogP contribution in [0.2, 0.25) is 10.0 Å². The molecule has 2 fully saturated rings. The lowest BCUT2D eigenvalue weighted by atomic mass is 9.84. The Hall–Kier alpha value is -0.110. The molecule has 2 aliphatic rings. The molecular weight excluding hydrogens is 365 g/mol. The van der Waals surface area contributed by atoms with Crippen LogP contribution >= 0.6 is 23.2 Å². The summed E-state index contributed by atoms with van der Waals surface area (Å²) in [6, 6.07) is 5.34. The van der Waals surface area contributed by atoms with Gasteiger partial charge in [-0.15, -0.1) is 0 Å². The number of benzene rings is 1. The first-order valence-electron chi connectivity index (χ1n) is 7.65. The average Bonchev–Trinajstić information content (AvgIpc) is 2.47. The summed E-state index contributed by atoms with van der Waals surface area (Å²) in [4.78, 5) is 2.20. The van der Waals surface area contributed by atoms with Crippen molar-refractivity contribution in [1.82, 2.24) is 4.90 Å². The minimum atomic E-state index is -4.42. The number of fused-ring (bicyclic) bond motifs is 1. The van der Waals surface area contributed by atoms with Gasteiger partial charge < -0.3 is 0 Å². The Labute approximate surface area is 147 Å². The largest absolute Gasteiger partial charge is 0.290 e. The maximum absolute atomic E-state index is 11.0. The van der Waals surface area contributed by atoms with E-state index >= 15 is 0 Å². The van der Waals surface area contributed by atoms with Crippen molar-refractivity contribution in [2.45, 2.75) is 50.3 Å². The molecule has 2 aliphatic heterocycles. The van der Waals surface area contributed by atoms with Gasteiger partial charge in [0.25, 0.3) is 0 Å². The normalized spacial score (nSPS) is 29.3. The van der Waals surface area contributed by atoms with Crippen LogP contribution in [0.5, 0.6) is 0 Å². The molecule has 0 aliphatic carbocycles. The first-order valence-corrected chi connectivity index (χ1v) is 9.64. The van der Waals surface area contributed by atoms with Gasteiger partial charge in [0.05, 0.1) is 20.6 Å². The molecule has 23 heavy (non-hydrogen) atoms. The molecule has 0 bridgehead atoms. The number of nitrogens with zero attached hydrogens (tertiary/aromatic N) is 1. The highest BCUT2D eigenvalue weighted by molar-refractivity contribution is 6.36. The minimum absolute atomic E-state index is 0.0207. The topological polar surface area (TPSA) is 81.6 Å². The van der Waals surface area contributed by atoms with Crippen LogP contribution in [0.4, 0.5) is 0 Å². The van der Waals surface area contributed by atoms with Crippen molar-refractivity contribution in [2.24, 2.45) is 0 Å². The van der Waals surface area contributed by atoms with Gasteiger partial charge in [-0.3, -0.25) is 4.90 Å². The molecule has 0 radical (unpaired) electrons. The second-order valence-electron chi connectivity index (χ2n) is 6.03. The third-order valence-corrected chi connectivity index (χ3v) is 5.81. The number of hydrogen-bond donors (Lipinski definition) is 0. The standard InChI is InChI=1S/C15H18Cl3NO4/c16-10-4-3-5-11(17)15(10)13-7-8-14(23-18(20,21)22)12-6-1-2-9-19(12)13/h3-5,12-14H,1-2,6-9H2. The summed E-state index contributed by atoms with van der Waals surface area (Å²) in [6.07, 6.45) is 3.34. The van der Waals surface area contributed by atoms with E-state index in [2.05, 4.69) is 4.90 Å². The third kappa shape index (κ3) is 3.94. The summed E-state index contributed by atoms with van der Waals surface area (Å²) in [5.74, 6) is 0. The number of rotatable bonds is 3. The van der Waals surface area contributed by atoms with Crippen LogP contribution < -0.4 is 14.0 Å². The summed E-state index contributed by atoms with van der Waals surface area (Å²) in [7, 11) is -4.42. The van der Waals surface area contributed by atoms with E-state index in [4.69, 9.17) is 27.5 Å². The predicted molar refractivity (Wildman–Crippen MR) is 77.7 cm³/mol. The highest BCUT2D eigenvalue weighted by Crippen LogP contribution is 2.44. The Balaban J connectivity index is 1.88. The monoisotopic (exact) mass is 381 g/mol. The average molecular weight is 383 g/mol. The smallest absolute Gasteiger partial charge is 0.229 e. The fraction of sp³-hybridized carbons (Fsp3) is 0.600. The zero-order chi connectivity index (χ0) is 16.6. The van der Waals surface area contributed by atoms with Gasteiger partial charge in [0.2, 0.25) is 6.10 Å². The van der Waals surface area contributed by atoms with E-state index in [-0.39, 0.29) is 12.1 Å². The molecule has 2 heterocycles. The molecule has 3 rings (SSSR count). The zero-order valence-corrected chi connectivity index (χ0v) is 14.7. The highest BCUT2D eigenvalue weighted by Gasteiger charge is 2.46. The fourth-order valence-electron chi connectivity index (χ4n) is 3.83. The maximum Gasteiger partial charge on any atom is 0.229 e. The van der Waals surface area contributed by atoms with E-state index in [0.29, 0.717) is 22.9 Å². The first kappa shape index (κ1) is 17.7. The molecule has 0 amide bonds. The molecule has 0 spiro atoms. The summed E-state index contributed by atoms with van der Waals surface area (Å²) < 4.78 is 37.7. The second-order valence-corrected chi connectivity index (χ2v) is 7.78. The molecule has 0 N–H and O–H groups in total. The molecule has 2 saturated heterocycles. The SMILES string of the molecule is [O-][Cl+3]([O-])([O-])OC1CCC(c2c(Cl)cccc2Cl)N2CCCCC12.